The van der Waals surface area contributed by atoms with Gasteiger partial charge in [0.15, 0.2) is 0 Å². The van der Waals surface area contributed by atoms with Gasteiger partial charge in [0.25, 0.3) is 5.56 Å². The fraction of sp³-hybridized carbons (Fsp3) is 0.0588. The van der Waals surface area contributed by atoms with Crippen LogP contribution in [0.5, 0.6) is 5.75 Å². The first-order valence-corrected chi connectivity index (χ1v) is 7.93. The van der Waals surface area contributed by atoms with E-state index < -0.39 is 0 Å². The van der Waals surface area contributed by atoms with Crippen molar-refractivity contribution >= 4 is 23.5 Å². The number of fused-ring (bicyclic) bond motifs is 1. The predicted molar refractivity (Wildman–Crippen MR) is 90.9 cm³/mol. The summed E-state index contributed by atoms with van der Waals surface area (Å²) in [6.07, 6.45) is 3.75. The molecule has 0 saturated heterocycles. The summed E-state index contributed by atoms with van der Waals surface area (Å²) in [5.41, 5.74) is 1.96. The number of H-pyrrole nitrogens is 2. The van der Waals surface area contributed by atoms with Crippen LogP contribution in [-0.4, -0.2) is 17.3 Å². The number of thiophene rings is 1. The Kier molecular flexibility index (Phi) is 3.24. The minimum absolute atomic E-state index is 0.155. The topological polar surface area (TPSA) is 70.2 Å². The highest BCUT2D eigenvalue weighted by Crippen LogP contribution is 2.25. The number of allylic oxidation sites excluding steroid dienone is 1. The first kappa shape index (κ1) is 13.8. The number of aromatic amines is 2. The lowest BCUT2D eigenvalue weighted by Gasteiger charge is -1.95. The highest BCUT2D eigenvalue weighted by Gasteiger charge is 2.12. The highest BCUT2D eigenvalue weighted by molar-refractivity contribution is 7.13. The maximum atomic E-state index is 12.1. The molecule has 0 unspecified atom stereocenters. The van der Waals surface area contributed by atoms with Crippen LogP contribution in [0.3, 0.4) is 0 Å². The molecule has 0 bridgehead atoms. The standard InChI is InChI=1S/C17H13N3O2S/c1-22-12-4-5-14-10(8-12)7-11(18-14)9-13-16(19-20-17(13)21)15-3-2-6-23-15/h2-9H,1H3,(H2,19,20,21). The average Bonchev–Trinajstić information content (AvgIpc) is 3.27. The molecule has 0 fully saturated rings. The lowest BCUT2D eigenvalue weighted by atomic mass is 10.2. The Morgan fingerprint density at radius 1 is 1.26 bits per heavy atom. The molecule has 0 spiro atoms. The van der Waals surface area contributed by atoms with E-state index in [0.29, 0.717) is 5.56 Å². The summed E-state index contributed by atoms with van der Waals surface area (Å²) in [7, 11) is 1.64. The fourth-order valence-corrected chi connectivity index (χ4v) is 3.29. The lowest BCUT2D eigenvalue weighted by molar-refractivity contribution is 0.414. The van der Waals surface area contributed by atoms with E-state index in [1.165, 1.54) is 0 Å². The number of rotatable bonds is 3. The molecule has 0 aliphatic carbocycles. The summed E-state index contributed by atoms with van der Waals surface area (Å²) >= 11 is 1.58. The number of hydrogen-bond acceptors (Lipinski definition) is 4. The van der Waals surface area contributed by atoms with Crippen molar-refractivity contribution in [2.45, 2.75) is 0 Å². The van der Waals surface area contributed by atoms with Crippen molar-refractivity contribution in [2.24, 2.45) is 4.99 Å². The molecule has 1 aliphatic rings. The second-order valence-corrected chi connectivity index (χ2v) is 6.04. The zero-order valence-corrected chi connectivity index (χ0v) is 13.1. The van der Waals surface area contributed by atoms with E-state index in [9.17, 15) is 4.79 Å². The van der Waals surface area contributed by atoms with Gasteiger partial charge in [-0.25, -0.2) is 4.99 Å². The Bertz CT molecular complexity index is 1070. The van der Waals surface area contributed by atoms with Gasteiger partial charge in [-0.3, -0.25) is 15.0 Å². The highest BCUT2D eigenvalue weighted by atomic mass is 32.1. The summed E-state index contributed by atoms with van der Waals surface area (Å²) in [4.78, 5) is 17.7. The van der Waals surface area contributed by atoms with Crippen molar-refractivity contribution < 1.29 is 4.74 Å². The Hall–Kier alpha value is -2.86. The van der Waals surface area contributed by atoms with Gasteiger partial charge in [0.05, 0.1) is 34.3 Å². The maximum absolute atomic E-state index is 12.1. The molecule has 5 nitrogen and oxygen atoms in total. The molecule has 2 N–H and O–H groups in total. The molecule has 1 aromatic carbocycles. The number of ether oxygens (including phenoxy) is 1. The molecule has 2 aromatic heterocycles. The molecule has 0 radical (unpaired) electrons. The van der Waals surface area contributed by atoms with Crippen LogP contribution < -0.4 is 20.9 Å². The van der Waals surface area contributed by atoms with Crippen molar-refractivity contribution in [1.82, 2.24) is 10.2 Å². The molecule has 0 saturated carbocycles. The predicted octanol–water partition coefficient (Wildman–Crippen LogP) is 1.89. The van der Waals surface area contributed by atoms with E-state index in [4.69, 9.17) is 4.74 Å². The number of nitrogens with one attached hydrogen (secondary N) is 2. The first-order valence-electron chi connectivity index (χ1n) is 7.05. The zero-order chi connectivity index (χ0) is 15.8. The van der Waals surface area contributed by atoms with Gasteiger partial charge >= 0.3 is 0 Å². The molecule has 23 heavy (non-hydrogen) atoms. The van der Waals surface area contributed by atoms with E-state index in [-0.39, 0.29) is 5.56 Å². The fourth-order valence-electron chi connectivity index (χ4n) is 2.55. The molecular weight excluding hydrogens is 310 g/mol. The molecule has 4 rings (SSSR count). The smallest absolute Gasteiger partial charge is 0.271 e. The second-order valence-electron chi connectivity index (χ2n) is 5.10. The summed E-state index contributed by atoms with van der Waals surface area (Å²) in [6, 6.07) is 9.64. The van der Waals surface area contributed by atoms with Crippen LogP contribution in [0, 0.1) is 0 Å². The van der Waals surface area contributed by atoms with Crippen LogP contribution in [0.25, 0.3) is 22.7 Å². The lowest BCUT2D eigenvalue weighted by Crippen LogP contribution is -2.20. The molecule has 3 aromatic rings. The van der Waals surface area contributed by atoms with Crippen molar-refractivity contribution in [3.63, 3.8) is 0 Å². The third-order valence-corrected chi connectivity index (χ3v) is 4.55. The number of aromatic nitrogens is 2. The molecule has 0 atom stereocenters. The van der Waals surface area contributed by atoms with Gasteiger partial charge in [-0.15, -0.1) is 11.3 Å². The minimum Gasteiger partial charge on any atom is -0.497 e. The third-order valence-electron chi connectivity index (χ3n) is 3.66. The normalized spacial score (nSPS) is 14.4. The summed E-state index contributed by atoms with van der Waals surface area (Å²) in [5.74, 6) is 0.787. The third kappa shape index (κ3) is 2.43. The quantitative estimate of drug-likeness (QED) is 0.773. The Morgan fingerprint density at radius 3 is 2.96 bits per heavy atom. The van der Waals surface area contributed by atoms with Crippen LogP contribution in [0.2, 0.25) is 0 Å². The van der Waals surface area contributed by atoms with Crippen LogP contribution in [0.1, 0.15) is 5.56 Å². The van der Waals surface area contributed by atoms with Gasteiger partial charge in [0, 0.05) is 5.22 Å². The molecule has 0 amide bonds. The number of hydrogen-bond donors (Lipinski definition) is 2. The Labute approximate surface area is 135 Å². The van der Waals surface area contributed by atoms with Crippen molar-refractivity contribution in [3.8, 4) is 16.3 Å². The van der Waals surface area contributed by atoms with E-state index in [0.717, 1.165) is 32.6 Å². The molecule has 114 valence electrons. The first-order chi connectivity index (χ1) is 11.2. The summed E-state index contributed by atoms with van der Waals surface area (Å²) < 4.78 is 5.23. The number of nitrogens with zero attached hydrogens (tertiary/aromatic N) is 1. The molecular formula is C17H13N3O2S. The summed E-state index contributed by atoms with van der Waals surface area (Å²) in [6.45, 7) is 0. The maximum Gasteiger partial charge on any atom is 0.271 e. The summed E-state index contributed by atoms with van der Waals surface area (Å²) in [5, 5.41) is 9.43. The van der Waals surface area contributed by atoms with Gasteiger partial charge < -0.3 is 4.74 Å². The van der Waals surface area contributed by atoms with Gasteiger partial charge in [-0.2, -0.15) is 0 Å². The van der Waals surface area contributed by atoms with Crippen LogP contribution in [0.4, 0.5) is 0 Å². The van der Waals surface area contributed by atoms with Crippen molar-refractivity contribution in [2.75, 3.05) is 7.11 Å². The number of benzene rings is 1. The number of methoxy groups -OCH3 is 1. The zero-order valence-electron chi connectivity index (χ0n) is 12.3. The van der Waals surface area contributed by atoms with Crippen molar-refractivity contribution in [1.29, 1.82) is 0 Å². The van der Waals surface area contributed by atoms with Crippen molar-refractivity contribution in [3.05, 3.63) is 67.9 Å². The molecule has 3 heterocycles. The molecule has 1 aliphatic heterocycles. The van der Waals surface area contributed by atoms with Crippen LogP contribution in [0.15, 0.2) is 51.2 Å². The largest absolute Gasteiger partial charge is 0.497 e. The van der Waals surface area contributed by atoms with Gasteiger partial charge in [0.1, 0.15) is 5.75 Å². The minimum atomic E-state index is -0.155. The van der Waals surface area contributed by atoms with Crippen LogP contribution >= 0.6 is 11.3 Å². The Balaban J connectivity index is 1.83. The van der Waals surface area contributed by atoms with E-state index in [1.807, 2.05) is 41.8 Å². The monoisotopic (exact) mass is 323 g/mol. The van der Waals surface area contributed by atoms with E-state index in [1.54, 1.807) is 24.5 Å². The van der Waals surface area contributed by atoms with E-state index >= 15 is 0 Å². The SMILES string of the molecule is COc1ccc2c(c1)=CC(=Cc1c(-c3cccs3)[nH][nH]c1=O)N=2. The van der Waals surface area contributed by atoms with Gasteiger partial charge in [-0.1, -0.05) is 6.07 Å². The van der Waals surface area contributed by atoms with Gasteiger partial charge in [0.2, 0.25) is 0 Å². The molecule has 6 heteroatoms. The van der Waals surface area contributed by atoms with E-state index in [2.05, 4.69) is 15.2 Å². The second kappa shape index (κ2) is 5.40. The average molecular weight is 323 g/mol. The van der Waals surface area contributed by atoms with Gasteiger partial charge in [-0.05, 0) is 41.8 Å². The Morgan fingerprint density at radius 2 is 2.17 bits per heavy atom. The van der Waals surface area contributed by atoms with Crippen LogP contribution in [-0.2, 0) is 0 Å².